The molecule has 2 aromatic rings. The van der Waals surface area contributed by atoms with Crippen molar-refractivity contribution in [2.45, 2.75) is 13.8 Å². The monoisotopic (exact) mass is 268 g/mol. The third kappa shape index (κ3) is 2.95. The SMILES string of the molecule is CCNc1cc(Nc2cccc(C)c2C#N)nc(N)n1. The number of hydrogen-bond donors (Lipinski definition) is 3. The normalized spacial score (nSPS) is 9.85. The van der Waals surface area contributed by atoms with Gasteiger partial charge in [-0.3, -0.25) is 0 Å². The topological polar surface area (TPSA) is 99.6 Å². The van der Waals surface area contributed by atoms with E-state index in [9.17, 15) is 5.26 Å². The molecule has 102 valence electrons. The van der Waals surface area contributed by atoms with Crippen LogP contribution >= 0.6 is 0 Å². The van der Waals surface area contributed by atoms with Crippen molar-refractivity contribution in [1.29, 1.82) is 5.26 Å². The number of nitrogen functional groups attached to an aromatic ring is 1. The highest BCUT2D eigenvalue weighted by molar-refractivity contribution is 5.68. The number of hydrogen-bond acceptors (Lipinski definition) is 6. The van der Waals surface area contributed by atoms with Crippen LogP contribution in [0.1, 0.15) is 18.1 Å². The van der Waals surface area contributed by atoms with Gasteiger partial charge in [0.1, 0.15) is 17.7 Å². The zero-order valence-electron chi connectivity index (χ0n) is 11.4. The van der Waals surface area contributed by atoms with Gasteiger partial charge in [-0.1, -0.05) is 12.1 Å². The maximum Gasteiger partial charge on any atom is 0.223 e. The summed E-state index contributed by atoms with van der Waals surface area (Å²) in [5.74, 6) is 1.38. The van der Waals surface area contributed by atoms with E-state index in [0.29, 0.717) is 22.9 Å². The number of anilines is 4. The second-order valence-corrected chi connectivity index (χ2v) is 4.26. The lowest BCUT2D eigenvalue weighted by Crippen LogP contribution is -2.06. The maximum atomic E-state index is 9.21. The van der Waals surface area contributed by atoms with Gasteiger partial charge < -0.3 is 16.4 Å². The molecule has 1 heterocycles. The molecule has 0 amide bonds. The Bertz CT molecular complexity index is 659. The van der Waals surface area contributed by atoms with Gasteiger partial charge in [0.25, 0.3) is 0 Å². The minimum Gasteiger partial charge on any atom is -0.370 e. The van der Waals surface area contributed by atoms with Crippen LogP contribution in [0.25, 0.3) is 0 Å². The third-order valence-corrected chi connectivity index (χ3v) is 2.75. The molecule has 6 heteroatoms. The summed E-state index contributed by atoms with van der Waals surface area (Å²) >= 11 is 0. The fourth-order valence-corrected chi connectivity index (χ4v) is 1.86. The minimum absolute atomic E-state index is 0.178. The number of benzene rings is 1. The van der Waals surface area contributed by atoms with Crippen molar-refractivity contribution in [3.8, 4) is 6.07 Å². The zero-order chi connectivity index (χ0) is 14.5. The van der Waals surface area contributed by atoms with Crippen molar-refractivity contribution < 1.29 is 0 Å². The van der Waals surface area contributed by atoms with E-state index in [-0.39, 0.29) is 5.95 Å². The molecule has 0 aliphatic carbocycles. The van der Waals surface area contributed by atoms with Gasteiger partial charge in [-0.2, -0.15) is 15.2 Å². The van der Waals surface area contributed by atoms with E-state index in [1.54, 1.807) is 6.07 Å². The molecule has 0 radical (unpaired) electrons. The van der Waals surface area contributed by atoms with E-state index in [1.165, 1.54) is 0 Å². The molecule has 0 saturated heterocycles. The third-order valence-electron chi connectivity index (χ3n) is 2.75. The van der Waals surface area contributed by atoms with Gasteiger partial charge in [-0.05, 0) is 25.5 Å². The molecule has 0 aliphatic rings. The predicted molar refractivity (Wildman–Crippen MR) is 79.8 cm³/mol. The lowest BCUT2D eigenvalue weighted by Gasteiger charge is -2.11. The largest absolute Gasteiger partial charge is 0.370 e. The molecule has 0 aliphatic heterocycles. The van der Waals surface area contributed by atoms with Crippen LogP contribution in [0.15, 0.2) is 24.3 Å². The quantitative estimate of drug-likeness (QED) is 0.787. The molecule has 20 heavy (non-hydrogen) atoms. The minimum atomic E-state index is 0.178. The van der Waals surface area contributed by atoms with E-state index < -0.39 is 0 Å². The van der Waals surface area contributed by atoms with E-state index in [2.05, 4.69) is 26.7 Å². The molecule has 0 fully saturated rings. The van der Waals surface area contributed by atoms with E-state index in [4.69, 9.17) is 5.73 Å². The van der Waals surface area contributed by atoms with Gasteiger partial charge in [0.2, 0.25) is 5.95 Å². The number of nitriles is 1. The van der Waals surface area contributed by atoms with Gasteiger partial charge in [0, 0.05) is 12.6 Å². The molecule has 0 saturated carbocycles. The first-order valence-electron chi connectivity index (χ1n) is 6.29. The zero-order valence-corrected chi connectivity index (χ0v) is 11.4. The first-order chi connectivity index (χ1) is 9.63. The van der Waals surface area contributed by atoms with Gasteiger partial charge >= 0.3 is 0 Å². The summed E-state index contributed by atoms with van der Waals surface area (Å²) in [5, 5.41) is 15.4. The average molecular weight is 268 g/mol. The standard InChI is InChI=1S/C14H16N6/c1-3-17-12-7-13(20-14(16)19-12)18-11-6-4-5-9(2)10(11)8-15/h4-7H,3H2,1-2H3,(H4,16,17,18,19,20). The number of rotatable bonds is 4. The summed E-state index contributed by atoms with van der Waals surface area (Å²) in [6, 6.07) is 9.54. The maximum absolute atomic E-state index is 9.21. The number of nitrogens with one attached hydrogen (secondary N) is 2. The van der Waals surface area contributed by atoms with Crippen molar-refractivity contribution in [3.05, 3.63) is 35.4 Å². The van der Waals surface area contributed by atoms with Crippen molar-refractivity contribution in [2.75, 3.05) is 22.9 Å². The Balaban J connectivity index is 2.35. The second kappa shape index (κ2) is 5.89. The predicted octanol–water partition coefficient (Wildman–Crippen LogP) is 2.41. The summed E-state index contributed by atoms with van der Waals surface area (Å²) in [7, 11) is 0. The highest BCUT2D eigenvalue weighted by atomic mass is 15.1. The molecule has 0 bridgehead atoms. The van der Waals surface area contributed by atoms with E-state index in [1.807, 2.05) is 32.0 Å². The van der Waals surface area contributed by atoms with Crippen LogP contribution in [-0.2, 0) is 0 Å². The molecule has 2 rings (SSSR count). The second-order valence-electron chi connectivity index (χ2n) is 4.26. The van der Waals surface area contributed by atoms with Crippen LogP contribution in [0.3, 0.4) is 0 Å². The summed E-state index contributed by atoms with van der Waals surface area (Å²) in [5.41, 5.74) is 7.88. The summed E-state index contributed by atoms with van der Waals surface area (Å²) in [6.45, 7) is 4.60. The summed E-state index contributed by atoms with van der Waals surface area (Å²) < 4.78 is 0. The van der Waals surface area contributed by atoms with Crippen LogP contribution < -0.4 is 16.4 Å². The molecular formula is C14H16N6. The molecule has 6 nitrogen and oxygen atoms in total. The smallest absolute Gasteiger partial charge is 0.223 e. The van der Waals surface area contributed by atoms with Gasteiger partial charge in [-0.15, -0.1) is 0 Å². The van der Waals surface area contributed by atoms with Crippen LogP contribution in [-0.4, -0.2) is 16.5 Å². The highest BCUT2D eigenvalue weighted by Gasteiger charge is 2.07. The van der Waals surface area contributed by atoms with Crippen molar-refractivity contribution in [2.24, 2.45) is 0 Å². The number of nitrogens with two attached hydrogens (primary N) is 1. The molecule has 1 aromatic heterocycles. The van der Waals surface area contributed by atoms with Crippen molar-refractivity contribution in [3.63, 3.8) is 0 Å². The van der Waals surface area contributed by atoms with Gasteiger partial charge in [0.05, 0.1) is 11.3 Å². The Kier molecular flexibility index (Phi) is 4.01. The van der Waals surface area contributed by atoms with Gasteiger partial charge in [-0.25, -0.2) is 0 Å². The van der Waals surface area contributed by atoms with Crippen molar-refractivity contribution >= 4 is 23.3 Å². The lowest BCUT2D eigenvalue weighted by atomic mass is 10.1. The molecule has 0 spiro atoms. The molecule has 0 unspecified atom stereocenters. The van der Waals surface area contributed by atoms with Crippen LogP contribution in [0.5, 0.6) is 0 Å². The molecule has 0 atom stereocenters. The van der Waals surface area contributed by atoms with Gasteiger partial charge in [0.15, 0.2) is 0 Å². The Morgan fingerprint density at radius 3 is 2.75 bits per heavy atom. The van der Waals surface area contributed by atoms with E-state index >= 15 is 0 Å². The van der Waals surface area contributed by atoms with Crippen LogP contribution in [0.2, 0.25) is 0 Å². The van der Waals surface area contributed by atoms with Crippen LogP contribution in [0.4, 0.5) is 23.3 Å². The fourth-order valence-electron chi connectivity index (χ4n) is 1.86. The van der Waals surface area contributed by atoms with Crippen LogP contribution in [0, 0.1) is 18.3 Å². The summed E-state index contributed by atoms with van der Waals surface area (Å²) in [4.78, 5) is 8.20. The average Bonchev–Trinajstić information content (AvgIpc) is 2.38. The van der Waals surface area contributed by atoms with Crippen molar-refractivity contribution in [1.82, 2.24) is 9.97 Å². The first-order valence-corrected chi connectivity index (χ1v) is 6.29. The number of aryl methyl sites for hydroxylation is 1. The first kappa shape index (κ1) is 13.6. The Labute approximate surface area is 117 Å². The molecular weight excluding hydrogens is 252 g/mol. The molecule has 4 N–H and O–H groups in total. The number of nitrogens with zero attached hydrogens (tertiary/aromatic N) is 3. The number of aromatic nitrogens is 2. The summed E-state index contributed by atoms with van der Waals surface area (Å²) in [6.07, 6.45) is 0. The molecule has 1 aromatic carbocycles. The van der Waals surface area contributed by atoms with E-state index in [0.717, 1.165) is 12.1 Å². The fraction of sp³-hybridized carbons (Fsp3) is 0.214. The Hall–Kier alpha value is -2.81. The Morgan fingerprint density at radius 1 is 1.30 bits per heavy atom. The lowest BCUT2D eigenvalue weighted by molar-refractivity contribution is 1.12. The Morgan fingerprint density at radius 2 is 2.05 bits per heavy atom. The highest BCUT2D eigenvalue weighted by Crippen LogP contribution is 2.23.